The summed E-state index contributed by atoms with van der Waals surface area (Å²) in [6.07, 6.45) is 1.32. The standard InChI is InChI=1S/C23H20Cl2N4O6S/c1-15-3-9-19(12-22(15)29(31)32)36(33,34)28(17-5-7-18(35-2)8-6-17)14-23(30)27-26-13-16-4-10-20(24)21(25)11-16/h3-13H,14H2,1-2H3,(H,27,30)/b26-13-. The zero-order valence-electron chi connectivity index (χ0n) is 19.0. The van der Waals surface area contributed by atoms with Gasteiger partial charge in [0, 0.05) is 11.6 Å². The Morgan fingerprint density at radius 1 is 1.11 bits per heavy atom. The number of hydrogen-bond acceptors (Lipinski definition) is 7. The molecule has 0 saturated heterocycles. The normalized spacial score (nSPS) is 11.3. The summed E-state index contributed by atoms with van der Waals surface area (Å²) < 4.78 is 32.9. The second-order valence-electron chi connectivity index (χ2n) is 7.38. The summed E-state index contributed by atoms with van der Waals surface area (Å²) in [6.45, 7) is 0.837. The van der Waals surface area contributed by atoms with Crippen LogP contribution in [0, 0.1) is 17.0 Å². The number of benzene rings is 3. The zero-order valence-corrected chi connectivity index (χ0v) is 21.3. The monoisotopic (exact) mass is 550 g/mol. The van der Waals surface area contributed by atoms with E-state index in [0.29, 0.717) is 26.9 Å². The lowest BCUT2D eigenvalue weighted by atomic mass is 10.2. The highest BCUT2D eigenvalue weighted by Crippen LogP contribution is 2.29. The molecule has 0 atom stereocenters. The highest BCUT2D eigenvalue weighted by Gasteiger charge is 2.29. The smallest absolute Gasteiger partial charge is 0.273 e. The minimum Gasteiger partial charge on any atom is -0.497 e. The minimum absolute atomic E-state index is 0.141. The van der Waals surface area contributed by atoms with E-state index in [4.69, 9.17) is 27.9 Å². The average Bonchev–Trinajstić information content (AvgIpc) is 2.84. The van der Waals surface area contributed by atoms with E-state index in [1.807, 2.05) is 0 Å². The molecular formula is C23H20Cl2N4O6S. The molecule has 0 aliphatic heterocycles. The van der Waals surface area contributed by atoms with Gasteiger partial charge in [0.25, 0.3) is 21.6 Å². The van der Waals surface area contributed by atoms with E-state index in [2.05, 4.69) is 10.5 Å². The quantitative estimate of drug-likeness (QED) is 0.236. The molecule has 0 spiro atoms. The van der Waals surface area contributed by atoms with Crippen LogP contribution in [0.15, 0.2) is 70.7 Å². The molecular weight excluding hydrogens is 531 g/mol. The third-order valence-corrected chi connectivity index (χ3v) is 7.47. The highest BCUT2D eigenvalue weighted by molar-refractivity contribution is 7.92. The van der Waals surface area contributed by atoms with Gasteiger partial charge in [-0.15, -0.1) is 0 Å². The number of rotatable bonds is 9. The van der Waals surface area contributed by atoms with Crippen molar-refractivity contribution in [2.45, 2.75) is 11.8 Å². The fraction of sp³-hybridized carbons (Fsp3) is 0.130. The maximum Gasteiger partial charge on any atom is 0.273 e. The number of halogens is 2. The number of nitro groups is 1. The summed E-state index contributed by atoms with van der Waals surface area (Å²) >= 11 is 11.8. The summed E-state index contributed by atoms with van der Waals surface area (Å²) in [7, 11) is -2.93. The van der Waals surface area contributed by atoms with Gasteiger partial charge in [0.15, 0.2) is 0 Å². The predicted molar refractivity (Wildman–Crippen MR) is 138 cm³/mol. The van der Waals surface area contributed by atoms with E-state index < -0.39 is 27.4 Å². The molecule has 3 rings (SSSR count). The Morgan fingerprint density at radius 2 is 1.81 bits per heavy atom. The maximum absolute atomic E-state index is 13.5. The van der Waals surface area contributed by atoms with Crippen molar-refractivity contribution in [2.75, 3.05) is 18.0 Å². The van der Waals surface area contributed by atoms with Crippen molar-refractivity contribution in [1.82, 2.24) is 5.43 Å². The number of aryl methyl sites for hydroxylation is 1. The Hall–Kier alpha value is -3.67. The summed E-state index contributed by atoms with van der Waals surface area (Å²) in [5.74, 6) is -0.287. The fourth-order valence-corrected chi connectivity index (χ4v) is 4.82. The summed E-state index contributed by atoms with van der Waals surface area (Å²) in [5.41, 5.74) is 2.90. The molecule has 0 aliphatic rings. The van der Waals surface area contributed by atoms with Crippen LogP contribution >= 0.6 is 23.2 Å². The summed E-state index contributed by atoms with van der Waals surface area (Å²) in [5, 5.41) is 15.8. The molecule has 1 N–H and O–H groups in total. The van der Waals surface area contributed by atoms with Gasteiger partial charge < -0.3 is 4.74 Å². The molecule has 13 heteroatoms. The van der Waals surface area contributed by atoms with Crippen molar-refractivity contribution in [3.8, 4) is 5.75 Å². The number of ether oxygens (including phenoxy) is 1. The predicted octanol–water partition coefficient (Wildman–Crippen LogP) is 4.56. The molecule has 0 radical (unpaired) electrons. The van der Waals surface area contributed by atoms with Gasteiger partial charge >= 0.3 is 0 Å². The summed E-state index contributed by atoms with van der Waals surface area (Å²) in [4.78, 5) is 23.0. The van der Waals surface area contributed by atoms with Crippen LogP contribution in [0.3, 0.4) is 0 Å². The number of amides is 1. The molecule has 0 aromatic heterocycles. The molecule has 0 bridgehead atoms. The van der Waals surface area contributed by atoms with Gasteiger partial charge in [0.1, 0.15) is 12.3 Å². The van der Waals surface area contributed by atoms with Crippen LogP contribution < -0.4 is 14.5 Å². The number of nitro benzene ring substituents is 1. The van der Waals surface area contributed by atoms with Crippen molar-refractivity contribution >= 4 is 56.7 Å². The van der Waals surface area contributed by atoms with Crippen LogP contribution in [0.2, 0.25) is 10.0 Å². The lowest BCUT2D eigenvalue weighted by molar-refractivity contribution is -0.385. The molecule has 188 valence electrons. The van der Waals surface area contributed by atoms with E-state index in [1.54, 1.807) is 12.1 Å². The third-order valence-electron chi connectivity index (χ3n) is 4.96. The first-order valence-electron chi connectivity index (χ1n) is 10.2. The van der Waals surface area contributed by atoms with Crippen LogP contribution in [-0.4, -0.2) is 39.1 Å². The van der Waals surface area contributed by atoms with Crippen molar-refractivity contribution < 1.29 is 22.9 Å². The van der Waals surface area contributed by atoms with Crippen LogP contribution in [0.1, 0.15) is 11.1 Å². The Bertz CT molecular complexity index is 1430. The SMILES string of the molecule is COc1ccc(N(CC(=O)N/N=C\c2ccc(Cl)c(Cl)c2)S(=O)(=O)c2ccc(C)c([N+](=O)[O-])c2)cc1. The van der Waals surface area contributed by atoms with E-state index in [-0.39, 0.29) is 16.3 Å². The Kier molecular flexibility index (Phi) is 8.51. The number of hydrazone groups is 1. The number of carbonyl (C=O) groups is 1. The zero-order chi connectivity index (χ0) is 26.5. The number of nitrogens with zero attached hydrogens (tertiary/aromatic N) is 3. The molecule has 10 nitrogen and oxygen atoms in total. The lowest BCUT2D eigenvalue weighted by Gasteiger charge is -2.24. The van der Waals surface area contributed by atoms with E-state index in [0.717, 1.165) is 10.4 Å². The first-order chi connectivity index (χ1) is 17.0. The van der Waals surface area contributed by atoms with E-state index in [1.165, 1.54) is 62.7 Å². The lowest BCUT2D eigenvalue weighted by Crippen LogP contribution is -2.39. The number of methoxy groups -OCH3 is 1. The molecule has 3 aromatic rings. The van der Waals surface area contributed by atoms with Crippen LogP contribution in [0.5, 0.6) is 5.75 Å². The van der Waals surface area contributed by atoms with E-state index in [9.17, 15) is 23.3 Å². The fourth-order valence-electron chi connectivity index (χ4n) is 3.07. The Balaban J connectivity index is 1.91. The van der Waals surface area contributed by atoms with Gasteiger partial charge in [-0.3, -0.25) is 19.2 Å². The topological polar surface area (TPSA) is 131 Å². The van der Waals surface area contributed by atoms with Crippen molar-refractivity contribution in [2.24, 2.45) is 5.10 Å². The van der Waals surface area contributed by atoms with Gasteiger partial charge in [-0.2, -0.15) is 5.10 Å². The molecule has 0 fully saturated rings. The molecule has 0 aliphatic carbocycles. The van der Waals surface area contributed by atoms with Gasteiger partial charge in [-0.05, 0) is 55.0 Å². The van der Waals surface area contributed by atoms with Crippen molar-refractivity contribution in [3.63, 3.8) is 0 Å². The third kappa shape index (κ3) is 6.30. The van der Waals surface area contributed by atoms with Gasteiger partial charge in [0.2, 0.25) is 0 Å². The molecule has 0 saturated carbocycles. The van der Waals surface area contributed by atoms with Gasteiger partial charge in [-0.1, -0.05) is 35.3 Å². The largest absolute Gasteiger partial charge is 0.497 e. The number of anilines is 1. The Morgan fingerprint density at radius 3 is 2.42 bits per heavy atom. The highest BCUT2D eigenvalue weighted by atomic mass is 35.5. The Labute approximate surface area is 217 Å². The first kappa shape index (κ1) is 26.9. The molecule has 3 aromatic carbocycles. The maximum atomic E-state index is 13.5. The number of hydrogen-bond donors (Lipinski definition) is 1. The average molecular weight is 551 g/mol. The van der Waals surface area contributed by atoms with Crippen LogP contribution in [0.4, 0.5) is 11.4 Å². The van der Waals surface area contributed by atoms with Gasteiger partial charge in [0.05, 0.1) is 38.9 Å². The molecule has 0 heterocycles. The molecule has 36 heavy (non-hydrogen) atoms. The van der Waals surface area contributed by atoms with E-state index >= 15 is 0 Å². The first-order valence-corrected chi connectivity index (χ1v) is 12.4. The van der Waals surface area contributed by atoms with Crippen LogP contribution in [0.25, 0.3) is 0 Å². The summed E-state index contributed by atoms with van der Waals surface area (Å²) in [6, 6.07) is 14.2. The van der Waals surface area contributed by atoms with Crippen LogP contribution in [-0.2, 0) is 14.8 Å². The number of nitrogens with one attached hydrogen (secondary N) is 1. The number of carbonyl (C=O) groups excluding carboxylic acids is 1. The number of sulfonamides is 1. The molecule has 1 amide bonds. The molecule has 0 unspecified atom stereocenters. The minimum atomic E-state index is -4.39. The van der Waals surface area contributed by atoms with Crippen molar-refractivity contribution in [1.29, 1.82) is 0 Å². The van der Waals surface area contributed by atoms with Gasteiger partial charge in [-0.25, -0.2) is 13.8 Å². The second kappa shape index (κ2) is 11.4. The van der Waals surface area contributed by atoms with Crippen molar-refractivity contribution in [3.05, 3.63) is 92.0 Å². The second-order valence-corrected chi connectivity index (χ2v) is 10.1.